The summed E-state index contributed by atoms with van der Waals surface area (Å²) in [6.07, 6.45) is 3.31. The van der Waals surface area contributed by atoms with Crippen LogP contribution in [0.1, 0.15) is 11.4 Å². The van der Waals surface area contributed by atoms with Crippen LogP contribution in [-0.2, 0) is 10.0 Å². The Morgan fingerprint density at radius 1 is 0.844 bits per heavy atom. The van der Waals surface area contributed by atoms with Gasteiger partial charge in [0.25, 0.3) is 0 Å². The molecule has 3 N–H and O–H groups in total. The highest BCUT2D eigenvalue weighted by Gasteiger charge is 2.17. The summed E-state index contributed by atoms with van der Waals surface area (Å²) in [4.78, 5) is 17.4. The number of anilines is 3. The van der Waals surface area contributed by atoms with Gasteiger partial charge in [0.1, 0.15) is 28.2 Å². The van der Waals surface area contributed by atoms with Crippen LogP contribution in [0, 0.1) is 13.8 Å². The van der Waals surface area contributed by atoms with E-state index >= 15 is 0 Å². The van der Waals surface area contributed by atoms with Crippen molar-refractivity contribution in [2.75, 3.05) is 23.7 Å². The van der Waals surface area contributed by atoms with Crippen molar-refractivity contribution in [2.24, 2.45) is 0 Å². The van der Waals surface area contributed by atoms with Gasteiger partial charge in [-0.05, 0) is 43.7 Å². The van der Waals surface area contributed by atoms with Crippen molar-refractivity contribution in [3.8, 4) is 0 Å². The Hall–Kier alpha value is -3.63. The molecule has 32 heavy (non-hydrogen) atoms. The fourth-order valence-corrected chi connectivity index (χ4v) is 4.41. The molecule has 0 atom stereocenters. The van der Waals surface area contributed by atoms with Gasteiger partial charge in [-0.25, -0.2) is 28.1 Å². The Balaban J connectivity index is 1.39. The van der Waals surface area contributed by atoms with E-state index < -0.39 is 10.0 Å². The van der Waals surface area contributed by atoms with Crippen molar-refractivity contribution in [1.29, 1.82) is 0 Å². The Labute approximate surface area is 186 Å². The van der Waals surface area contributed by atoms with Crippen LogP contribution < -0.4 is 15.4 Å². The van der Waals surface area contributed by atoms with Gasteiger partial charge in [0, 0.05) is 36.9 Å². The van der Waals surface area contributed by atoms with Crippen molar-refractivity contribution >= 4 is 38.4 Å². The molecule has 4 rings (SSSR count). The second kappa shape index (κ2) is 9.25. The molecular formula is C22H23N7O2S. The number of aromatic nitrogens is 4. The van der Waals surface area contributed by atoms with Gasteiger partial charge in [-0.3, -0.25) is 4.98 Å². The van der Waals surface area contributed by atoms with E-state index in [4.69, 9.17) is 0 Å². The molecule has 10 heteroatoms. The lowest BCUT2D eigenvalue weighted by Crippen LogP contribution is -2.29. The summed E-state index contributed by atoms with van der Waals surface area (Å²) >= 11 is 0. The number of pyridine rings is 2. The fourth-order valence-electron chi connectivity index (χ4n) is 3.20. The standard InChI is InChI=1S/C22H23N7O2S/c1-15-8-10-23-19(13-15)29-21-14-20(27-16(2)28-21)24-11-12-26-32(30,31)18-7-3-5-17-6-4-9-25-22(17)18/h3-10,13-14,26H,11-12H2,1-2H3,(H2,23,24,27,28,29). The minimum Gasteiger partial charge on any atom is -0.369 e. The van der Waals surface area contributed by atoms with Gasteiger partial charge >= 0.3 is 0 Å². The first-order valence-corrected chi connectivity index (χ1v) is 11.5. The van der Waals surface area contributed by atoms with Gasteiger partial charge in [-0.1, -0.05) is 18.2 Å². The third kappa shape index (κ3) is 5.16. The molecule has 0 amide bonds. The van der Waals surface area contributed by atoms with Gasteiger partial charge in [0.15, 0.2) is 0 Å². The zero-order valence-corrected chi connectivity index (χ0v) is 18.5. The molecule has 164 valence electrons. The molecule has 0 radical (unpaired) electrons. The van der Waals surface area contributed by atoms with Gasteiger partial charge in [0.05, 0.1) is 5.52 Å². The third-order valence-electron chi connectivity index (χ3n) is 4.62. The van der Waals surface area contributed by atoms with Crippen LogP contribution in [0.4, 0.5) is 17.5 Å². The number of sulfonamides is 1. The quantitative estimate of drug-likeness (QED) is 0.351. The number of benzene rings is 1. The molecule has 4 aromatic rings. The lowest BCUT2D eigenvalue weighted by atomic mass is 10.2. The van der Waals surface area contributed by atoms with Crippen LogP contribution in [0.5, 0.6) is 0 Å². The number of para-hydroxylation sites is 1. The van der Waals surface area contributed by atoms with E-state index in [2.05, 4.69) is 35.3 Å². The van der Waals surface area contributed by atoms with Crippen LogP contribution in [0.2, 0.25) is 0 Å². The molecule has 0 saturated carbocycles. The predicted molar refractivity (Wildman–Crippen MR) is 124 cm³/mol. The maximum atomic E-state index is 12.8. The minimum atomic E-state index is -3.71. The lowest BCUT2D eigenvalue weighted by molar-refractivity contribution is 0.583. The van der Waals surface area contributed by atoms with Gasteiger partial charge in [0.2, 0.25) is 10.0 Å². The number of nitrogens with one attached hydrogen (secondary N) is 3. The molecule has 3 heterocycles. The Bertz CT molecular complexity index is 1350. The molecule has 0 aliphatic carbocycles. The highest BCUT2D eigenvalue weighted by molar-refractivity contribution is 7.89. The highest BCUT2D eigenvalue weighted by atomic mass is 32.2. The molecule has 1 aromatic carbocycles. The van der Waals surface area contributed by atoms with Crippen molar-refractivity contribution in [3.05, 3.63) is 72.3 Å². The third-order valence-corrected chi connectivity index (χ3v) is 6.11. The summed E-state index contributed by atoms with van der Waals surface area (Å²) in [6.45, 7) is 4.30. The second-order valence-electron chi connectivity index (χ2n) is 7.18. The lowest BCUT2D eigenvalue weighted by Gasteiger charge is -2.11. The number of hydrogen-bond acceptors (Lipinski definition) is 8. The van der Waals surface area contributed by atoms with Crippen molar-refractivity contribution in [3.63, 3.8) is 0 Å². The molecular weight excluding hydrogens is 426 g/mol. The first-order chi connectivity index (χ1) is 15.4. The maximum absolute atomic E-state index is 12.8. The van der Waals surface area contributed by atoms with E-state index in [0.717, 1.165) is 10.9 Å². The summed E-state index contributed by atoms with van der Waals surface area (Å²) in [7, 11) is -3.71. The summed E-state index contributed by atoms with van der Waals surface area (Å²) in [5, 5.41) is 7.06. The summed E-state index contributed by atoms with van der Waals surface area (Å²) in [5.74, 6) is 2.44. The number of rotatable bonds is 8. The Morgan fingerprint density at radius 2 is 1.66 bits per heavy atom. The topological polar surface area (TPSA) is 122 Å². The van der Waals surface area contributed by atoms with E-state index in [9.17, 15) is 8.42 Å². The number of nitrogens with zero attached hydrogens (tertiary/aromatic N) is 4. The van der Waals surface area contributed by atoms with Crippen LogP contribution in [0.15, 0.2) is 65.8 Å². The Kier molecular flexibility index (Phi) is 6.24. The molecule has 0 saturated heterocycles. The second-order valence-corrected chi connectivity index (χ2v) is 8.92. The predicted octanol–water partition coefficient (Wildman–Crippen LogP) is 3.17. The number of aryl methyl sites for hydroxylation is 2. The first kappa shape index (κ1) is 21.6. The normalized spacial score (nSPS) is 11.4. The summed E-state index contributed by atoms with van der Waals surface area (Å²) < 4.78 is 28.2. The highest BCUT2D eigenvalue weighted by Crippen LogP contribution is 2.20. The molecule has 3 aromatic heterocycles. The van der Waals surface area contributed by atoms with Gasteiger partial charge in [-0.2, -0.15) is 0 Å². The number of fused-ring (bicyclic) bond motifs is 1. The maximum Gasteiger partial charge on any atom is 0.242 e. The molecule has 0 unspecified atom stereocenters. The largest absolute Gasteiger partial charge is 0.369 e. The van der Waals surface area contributed by atoms with E-state index in [0.29, 0.717) is 35.3 Å². The zero-order chi connectivity index (χ0) is 22.6. The molecule has 0 aliphatic rings. The molecule has 0 fully saturated rings. The summed E-state index contributed by atoms with van der Waals surface area (Å²) in [5.41, 5.74) is 1.53. The minimum absolute atomic E-state index is 0.158. The van der Waals surface area contributed by atoms with E-state index in [-0.39, 0.29) is 11.4 Å². The van der Waals surface area contributed by atoms with Gasteiger partial charge in [-0.15, -0.1) is 0 Å². The zero-order valence-electron chi connectivity index (χ0n) is 17.7. The first-order valence-electron chi connectivity index (χ1n) is 10.0. The monoisotopic (exact) mass is 449 g/mol. The average Bonchev–Trinajstić information content (AvgIpc) is 2.76. The molecule has 0 spiro atoms. The van der Waals surface area contributed by atoms with Crippen molar-refractivity contribution in [2.45, 2.75) is 18.7 Å². The van der Waals surface area contributed by atoms with Gasteiger partial charge < -0.3 is 10.6 Å². The average molecular weight is 450 g/mol. The van der Waals surface area contributed by atoms with Crippen LogP contribution >= 0.6 is 0 Å². The van der Waals surface area contributed by atoms with Crippen LogP contribution in [0.25, 0.3) is 10.9 Å². The summed E-state index contributed by atoms with van der Waals surface area (Å²) in [6, 6.07) is 14.3. The van der Waals surface area contributed by atoms with Crippen molar-refractivity contribution < 1.29 is 8.42 Å². The molecule has 0 bridgehead atoms. The van der Waals surface area contributed by atoms with E-state index in [1.54, 1.807) is 43.6 Å². The van der Waals surface area contributed by atoms with Crippen LogP contribution in [-0.4, -0.2) is 41.4 Å². The fraction of sp³-hybridized carbons (Fsp3) is 0.182. The van der Waals surface area contributed by atoms with Crippen LogP contribution in [0.3, 0.4) is 0 Å². The Morgan fingerprint density at radius 3 is 2.50 bits per heavy atom. The smallest absolute Gasteiger partial charge is 0.242 e. The molecule has 9 nitrogen and oxygen atoms in total. The van der Waals surface area contributed by atoms with E-state index in [1.807, 2.05) is 31.2 Å². The number of hydrogen-bond donors (Lipinski definition) is 3. The SMILES string of the molecule is Cc1ccnc(Nc2cc(NCCNS(=O)(=O)c3cccc4cccnc34)nc(C)n2)c1. The van der Waals surface area contributed by atoms with Crippen molar-refractivity contribution in [1.82, 2.24) is 24.7 Å². The molecule has 0 aliphatic heterocycles. The van der Waals surface area contributed by atoms with E-state index in [1.165, 1.54) is 0 Å².